The van der Waals surface area contributed by atoms with Crippen molar-refractivity contribution in [1.82, 2.24) is 0 Å². The summed E-state index contributed by atoms with van der Waals surface area (Å²) in [6.45, 7) is 4.30. The van der Waals surface area contributed by atoms with Gasteiger partial charge in [-0.1, -0.05) is 54.6 Å². The molecular weight excluding hydrogens is 276 g/mol. The van der Waals surface area contributed by atoms with Crippen molar-refractivity contribution in [3.05, 3.63) is 65.7 Å². The topological polar surface area (TPSA) is 15.6 Å². The minimum Gasteiger partial charge on any atom is -0.309 e. The Kier molecular flexibility index (Phi) is 1.65. The molecular formula is C18H12N2S. The molecule has 0 N–H and O–H groups in total. The quantitative estimate of drug-likeness (QED) is 0.533. The van der Waals surface area contributed by atoms with Crippen LogP contribution in [0.5, 0.6) is 0 Å². The van der Waals surface area contributed by atoms with Gasteiger partial charge in [-0.05, 0) is 11.1 Å². The number of nitrogens with zero attached hydrogens (tertiary/aromatic N) is 2. The number of amidine groups is 1. The highest BCUT2D eigenvalue weighted by Crippen LogP contribution is 2.67. The highest BCUT2D eigenvalue weighted by molar-refractivity contribution is 7.99. The van der Waals surface area contributed by atoms with Crippen LogP contribution in [0.25, 0.3) is 11.1 Å². The minimum absolute atomic E-state index is 0.416. The summed E-state index contributed by atoms with van der Waals surface area (Å²) in [6.07, 6.45) is 0. The van der Waals surface area contributed by atoms with Gasteiger partial charge in [0.1, 0.15) is 11.2 Å². The molecule has 0 radical (unpaired) electrons. The maximum Gasteiger partial charge on any atom is 0.150 e. The van der Waals surface area contributed by atoms with Gasteiger partial charge in [-0.2, -0.15) is 4.40 Å². The number of anilines is 1. The molecule has 0 amide bonds. The monoisotopic (exact) mass is 288 g/mol. The summed E-state index contributed by atoms with van der Waals surface area (Å²) < 4.78 is 4.81. The van der Waals surface area contributed by atoms with E-state index in [0.29, 0.717) is 17.2 Å². The van der Waals surface area contributed by atoms with E-state index in [-0.39, 0.29) is 0 Å². The second-order valence-electron chi connectivity index (χ2n) is 6.15. The molecule has 4 aliphatic rings. The van der Waals surface area contributed by atoms with Gasteiger partial charge in [-0.3, -0.25) is 0 Å². The fraction of sp³-hybridized carbons (Fsp3) is 0.167. The number of rotatable bonds is 0. The van der Waals surface area contributed by atoms with Gasteiger partial charge in [0.15, 0.2) is 0 Å². The van der Waals surface area contributed by atoms with Crippen molar-refractivity contribution in [2.45, 2.75) is 11.3 Å². The Labute approximate surface area is 127 Å². The average Bonchev–Trinajstić information content (AvgIpc) is 3.01. The maximum atomic E-state index is 4.81. The van der Waals surface area contributed by atoms with E-state index in [2.05, 4.69) is 53.9 Å². The molecule has 2 aromatic rings. The number of hydrogen-bond acceptors (Lipinski definition) is 3. The molecule has 0 aromatic heterocycles. The third kappa shape index (κ3) is 1.06. The first-order valence-electron chi connectivity index (χ1n) is 7.30. The van der Waals surface area contributed by atoms with Crippen molar-refractivity contribution in [2.24, 2.45) is 10.3 Å². The summed E-state index contributed by atoms with van der Waals surface area (Å²) in [5, 5.41) is 0.416. The second-order valence-corrected chi connectivity index (χ2v) is 7.02. The second kappa shape index (κ2) is 3.25. The lowest BCUT2D eigenvalue weighted by Crippen LogP contribution is -2.41. The highest BCUT2D eigenvalue weighted by atomic mass is 32.2. The maximum absolute atomic E-state index is 4.81. The number of benzene rings is 2. The minimum atomic E-state index is 0.416. The molecule has 100 valence electrons. The lowest BCUT2D eigenvalue weighted by molar-refractivity contribution is 0.731. The van der Waals surface area contributed by atoms with Gasteiger partial charge in [0.05, 0.1) is 5.69 Å². The van der Waals surface area contributed by atoms with Crippen LogP contribution in [0.4, 0.5) is 5.69 Å². The van der Waals surface area contributed by atoms with E-state index >= 15 is 0 Å². The lowest BCUT2D eigenvalue weighted by atomic mass is 9.87. The molecule has 3 aliphatic heterocycles. The predicted molar refractivity (Wildman–Crippen MR) is 87.6 cm³/mol. The molecule has 1 saturated carbocycles. The summed E-state index contributed by atoms with van der Waals surface area (Å²) in [4.78, 5) is 2.47. The Morgan fingerprint density at radius 2 is 1.81 bits per heavy atom. The average molecular weight is 288 g/mol. The zero-order chi connectivity index (χ0) is 13.7. The van der Waals surface area contributed by atoms with Crippen molar-refractivity contribution in [3.63, 3.8) is 0 Å². The molecule has 2 nitrogen and oxygen atoms in total. The summed E-state index contributed by atoms with van der Waals surface area (Å²) >= 11 is 1.73. The third-order valence-corrected chi connectivity index (χ3v) is 6.21. The van der Waals surface area contributed by atoms with E-state index < -0.39 is 0 Å². The first-order valence-corrected chi connectivity index (χ1v) is 8.14. The molecule has 1 fully saturated rings. The van der Waals surface area contributed by atoms with Gasteiger partial charge < -0.3 is 4.90 Å². The number of hydrogen-bond donors (Lipinski definition) is 0. The molecule has 0 spiro atoms. The van der Waals surface area contributed by atoms with Gasteiger partial charge in [-0.25, -0.2) is 0 Å². The van der Waals surface area contributed by atoms with E-state index in [1.165, 1.54) is 33.5 Å². The molecule has 21 heavy (non-hydrogen) atoms. The fourth-order valence-corrected chi connectivity index (χ4v) is 5.40. The lowest BCUT2D eigenvalue weighted by Gasteiger charge is -2.38. The Balaban J connectivity index is 1.77. The van der Waals surface area contributed by atoms with Crippen molar-refractivity contribution in [3.8, 4) is 11.1 Å². The normalized spacial score (nSPS) is 29.5. The van der Waals surface area contributed by atoms with Gasteiger partial charge >= 0.3 is 0 Å². The molecule has 1 aliphatic carbocycles. The highest BCUT2D eigenvalue weighted by Gasteiger charge is 2.59. The van der Waals surface area contributed by atoms with Crippen LogP contribution in [0.3, 0.4) is 0 Å². The first kappa shape index (κ1) is 10.7. The van der Waals surface area contributed by atoms with E-state index in [0.717, 1.165) is 5.84 Å². The molecule has 3 heteroatoms. The van der Waals surface area contributed by atoms with Crippen molar-refractivity contribution >= 4 is 23.5 Å². The first-order chi connectivity index (χ1) is 10.4. The fourth-order valence-electron chi connectivity index (χ4n) is 4.24. The molecule has 6 rings (SSSR count). The largest absolute Gasteiger partial charge is 0.309 e. The molecule has 3 atom stereocenters. The smallest absolute Gasteiger partial charge is 0.150 e. The zero-order valence-corrected chi connectivity index (χ0v) is 12.1. The summed E-state index contributed by atoms with van der Waals surface area (Å²) in [6, 6.07) is 15.4. The van der Waals surface area contributed by atoms with Crippen molar-refractivity contribution in [2.75, 3.05) is 4.90 Å². The van der Waals surface area contributed by atoms with Crippen LogP contribution in [-0.4, -0.2) is 11.2 Å². The third-order valence-electron chi connectivity index (χ3n) is 5.22. The van der Waals surface area contributed by atoms with Gasteiger partial charge in [0, 0.05) is 34.9 Å². The molecule has 0 bridgehead atoms. The van der Waals surface area contributed by atoms with Crippen LogP contribution < -0.4 is 4.90 Å². The van der Waals surface area contributed by atoms with E-state index in [1.807, 2.05) is 0 Å². The van der Waals surface area contributed by atoms with Crippen LogP contribution in [0.1, 0.15) is 17.0 Å². The standard InChI is InChI=1S/C18H12N2S/c1-9-14-13-8-4-7-11-10-5-2-3-6-12(10)17-19-21-18(15(9)14)20(17)16(11)13/h2-8,14-15,18H,1H2. The number of fused-ring (bicyclic) bond motifs is 6. The van der Waals surface area contributed by atoms with E-state index in [1.54, 1.807) is 11.9 Å². The van der Waals surface area contributed by atoms with Crippen molar-refractivity contribution < 1.29 is 0 Å². The van der Waals surface area contributed by atoms with Crippen LogP contribution in [-0.2, 0) is 0 Å². The Bertz CT molecular complexity index is 883. The van der Waals surface area contributed by atoms with Gasteiger partial charge in [-0.15, -0.1) is 0 Å². The van der Waals surface area contributed by atoms with Gasteiger partial charge in [0.2, 0.25) is 0 Å². The van der Waals surface area contributed by atoms with Gasteiger partial charge in [0.25, 0.3) is 0 Å². The SMILES string of the molecule is C=C1C2c3cccc4c3N3C(=NSC3C12)c1ccccc1-4. The predicted octanol–water partition coefficient (Wildman–Crippen LogP) is 4.19. The summed E-state index contributed by atoms with van der Waals surface area (Å²) in [5.41, 5.74) is 8.15. The van der Waals surface area contributed by atoms with Crippen LogP contribution >= 0.6 is 11.9 Å². The summed E-state index contributed by atoms with van der Waals surface area (Å²) in [5.74, 6) is 2.26. The molecule has 0 saturated heterocycles. The molecule has 3 unspecified atom stereocenters. The Morgan fingerprint density at radius 3 is 2.71 bits per heavy atom. The van der Waals surface area contributed by atoms with Crippen LogP contribution in [0, 0.1) is 5.92 Å². The van der Waals surface area contributed by atoms with Crippen LogP contribution in [0.15, 0.2) is 59.0 Å². The van der Waals surface area contributed by atoms with E-state index in [4.69, 9.17) is 4.40 Å². The zero-order valence-electron chi connectivity index (χ0n) is 11.3. The molecule has 2 aromatic carbocycles. The summed E-state index contributed by atoms with van der Waals surface area (Å²) in [7, 11) is 0. The van der Waals surface area contributed by atoms with Crippen LogP contribution in [0.2, 0.25) is 0 Å². The van der Waals surface area contributed by atoms with E-state index in [9.17, 15) is 0 Å². The number of para-hydroxylation sites is 1. The Hall–Kier alpha value is -2.00. The Morgan fingerprint density at radius 1 is 1.00 bits per heavy atom. The van der Waals surface area contributed by atoms with Crippen molar-refractivity contribution in [1.29, 1.82) is 0 Å². The molecule has 3 heterocycles.